The number of aromatic nitrogens is 2. The highest BCUT2D eigenvalue weighted by Crippen LogP contribution is 2.15. The predicted molar refractivity (Wildman–Crippen MR) is 81.5 cm³/mol. The fourth-order valence-corrected chi connectivity index (χ4v) is 1.98. The summed E-state index contributed by atoms with van der Waals surface area (Å²) in [6.45, 7) is 14.7. The minimum Gasteiger partial charge on any atom is -0.338 e. The molecule has 0 aliphatic rings. The van der Waals surface area contributed by atoms with Crippen LogP contribution in [0.2, 0.25) is 0 Å². The van der Waals surface area contributed by atoms with Gasteiger partial charge in [-0.15, -0.1) is 0 Å². The van der Waals surface area contributed by atoms with Crippen molar-refractivity contribution in [1.82, 2.24) is 15.3 Å². The molecule has 19 heavy (non-hydrogen) atoms. The van der Waals surface area contributed by atoms with E-state index in [4.69, 9.17) is 0 Å². The molecule has 0 spiro atoms. The van der Waals surface area contributed by atoms with Crippen LogP contribution in [0, 0.1) is 6.92 Å². The van der Waals surface area contributed by atoms with Gasteiger partial charge >= 0.3 is 0 Å². The molecule has 0 aromatic carbocycles. The van der Waals surface area contributed by atoms with E-state index < -0.39 is 0 Å². The van der Waals surface area contributed by atoms with Gasteiger partial charge in [-0.05, 0) is 27.2 Å². The van der Waals surface area contributed by atoms with Crippen molar-refractivity contribution in [3.05, 3.63) is 17.5 Å². The zero-order valence-corrected chi connectivity index (χ0v) is 13.2. The van der Waals surface area contributed by atoms with Gasteiger partial charge in [0.2, 0.25) is 5.95 Å². The minimum absolute atomic E-state index is 0.476. The van der Waals surface area contributed by atoms with E-state index in [9.17, 15) is 0 Å². The summed E-state index contributed by atoms with van der Waals surface area (Å²) in [6.07, 6.45) is 3.06. The minimum atomic E-state index is 0.476. The number of nitrogens with zero attached hydrogens (tertiary/aromatic N) is 3. The highest BCUT2D eigenvalue weighted by Gasteiger charge is 2.14. The lowest BCUT2D eigenvalue weighted by molar-refractivity contribution is 0.582. The highest BCUT2D eigenvalue weighted by molar-refractivity contribution is 5.34. The van der Waals surface area contributed by atoms with Crippen LogP contribution in [0.15, 0.2) is 6.20 Å². The second-order valence-corrected chi connectivity index (χ2v) is 5.36. The van der Waals surface area contributed by atoms with Gasteiger partial charge in [0, 0.05) is 42.6 Å². The van der Waals surface area contributed by atoms with E-state index >= 15 is 0 Å². The van der Waals surface area contributed by atoms with Gasteiger partial charge in [0.15, 0.2) is 0 Å². The van der Waals surface area contributed by atoms with E-state index in [1.54, 1.807) is 0 Å². The van der Waals surface area contributed by atoms with Gasteiger partial charge in [-0.3, -0.25) is 0 Å². The Morgan fingerprint density at radius 1 is 1.26 bits per heavy atom. The maximum atomic E-state index is 4.67. The average Bonchev–Trinajstić information content (AvgIpc) is 2.38. The Kier molecular flexibility index (Phi) is 6.22. The Balaban J connectivity index is 2.85. The molecule has 1 unspecified atom stereocenters. The van der Waals surface area contributed by atoms with Crippen LogP contribution < -0.4 is 10.2 Å². The van der Waals surface area contributed by atoms with E-state index in [2.05, 4.69) is 61.7 Å². The van der Waals surface area contributed by atoms with Gasteiger partial charge in [0.05, 0.1) is 0 Å². The molecule has 0 bridgehead atoms. The Bertz CT molecular complexity index is 390. The molecule has 108 valence electrons. The number of aryl methyl sites for hydroxylation is 1. The lowest BCUT2D eigenvalue weighted by atomic mass is 10.2. The van der Waals surface area contributed by atoms with Gasteiger partial charge in [-0.2, -0.15) is 0 Å². The standard InChI is InChI=1S/C15H28N4/c1-7-12(5)19(8-2)15-17-10-14(13(6)18-15)9-16-11(3)4/h10-12,16H,7-9H2,1-6H3. The van der Waals surface area contributed by atoms with Crippen LogP contribution >= 0.6 is 0 Å². The average molecular weight is 264 g/mol. The lowest BCUT2D eigenvalue weighted by Crippen LogP contribution is -2.34. The maximum Gasteiger partial charge on any atom is 0.225 e. The largest absolute Gasteiger partial charge is 0.338 e. The summed E-state index contributed by atoms with van der Waals surface area (Å²) in [5.74, 6) is 0.850. The van der Waals surface area contributed by atoms with Crippen LogP contribution in [0.25, 0.3) is 0 Å². The molecule has 0 fully saturated rings. The van der Waals surface area contributed by atoms with Crippen molar-refractivity contribution in [2.24, 2.45) is 0 Å². The van der Waals surface area contributed by atoms with Gasteiger partial charge in [0.25, 0.3) is 0 Å². The van der Waals surface area contributed by atoms with Crippen LogP contribution in [0.1, 0.15) is 52.3 Å². The molecular formula is C15H28N4. The third-order valence-corrected chi connectivity index (χ3v) is 3.49. The molecule has 1 atom stereocenters. The molecule has 1 heterocycles. The summed E-state index contributed by atoms with van der Waals surface area (Å²) in [5.41, 5.74) is 2.25. The molecular weight excluding hydrogens is 236 g/mol. The molecule has 1 aromatic heterocycles. The number of hydrogen-bond donors (Lipinski definition) is 1. The first-order valence-electron chi connectivity index (χ1n) is 7.32. The smallest absolute Gasteiger partial charge is 0.225 e. The topological polar surface area (TPSA) is 41.1 Å². The van der Waals surface area contributed by atoms with E-state index in [0.717, 1.165) is 31.2 Å². The van der Waals surface area contributed by atoms with Gasteiger partial charge in [-0.1, -0.05) is 20.8 Å². The van der Waals surface area contributed by atoms with Crippen molar-refractivity contribution < 1.29 is 0 Å². The molecule has 0 radical (unpaired) electrons. The van der Waals surface area contributed by atoms with Gasteiger partial charge < -0.3 is 10.2 Å². The summed E-state index contributed by atoms with van der Waals surface area (Å²) in [4.78, 5) is 11.5. The van der Waals surface area contributed by atoms with E-state index in [-0.39, 0.29) is 0 Å². The molecule has 1 rings (SSSR count). The molecule has 4 nitrogen and oxygen atoms in total. The monoisotopic (exact) mass is 264 g/mol. The van der Waals surface area contributed by atoms with Crippen LogP contribution in [-0.4, -0.2) is 28.6 Å². The number of nitrogens with one attached hydrogen (secondary N) is 1. The number of hydrogen-bond acceptors (Lipinski definition) is 4. The van der Waals surface area contributed by atoms with Crippen LogP contribution in [-0.2, 0) is 6.54 Å². The van der Waals surface area contributed by atoms with Crippen LogP contribution in [0.5, 0.6) is 0 Å². The van der Waals surface area contributed by atoms with Crippen molar-refractivity contribution in [2.75, 3.05) is 11.4 Å². The molecule has 0 aliphatic carbocycles. The van der Waals surface area contributed by atoms with E-state index in [0.29, 0.717) is 12.1 Å². The zero-order chi connectivity index (χ0) is 14.4. The third-order valence-electron chi connectivity index (χ3n) is 3.49. The first kappa shape index (κ1) is 15.9. The summed E-state index contributed by atoms with van der Waals surface area (Å²) in [5, 5.41) is 3.41. The molecule has 4 heteroatoms. The summed E-state index contributed by atoms with van der Waals surface area (Å²) in [7, 11) is 0. The third kappa shape index (κ3) is 4.46. The Morgan fingerprint density at radius 2 is 1.95 bits per heavy atom. The fourth-order valence-electron chi connectivity index (χ4n) is 1.98. The zero-order valence-electron chi connectivity index (χ0n) is 13.2. The Hall–Kier alpha value is -1.16. The quantitative estimate of drug-likeness (QED) is 0.822. The summed E-state index contributed by atoms with van der Waals surface area (Å²) in [6, 6.07) is 0.954. The highest BCUT2D eigenvalue weighted by atomic mass is 15.3. The molecule has 0 amide bonds. The predicted octanol–water partition coefficient (Wildman–Crippen LogP) is 2.91. The second kappa shape index (κ2) is 7.43. The van der Waals surface area contributed by atoms with Crippen LogP contribution in [0.4, 0.5) is 5.95 Å². The number of anilines is 1. The lowest BCUT2D eigenvalue weighted by Gasteiger charge is -2.27. The van der Waals surface area contributed by atoms with Crippen LogP contribution in [0.3, 0.4) is 0 Å². The van der Waals surface area contributed by atoms with Gasteiger partial charge in [0.1, 0.15) is 0 Å². The second-order valence-electron chi connectivity index (χ2n) is 5.36. The Labute approximate surface area is 117 Å². The molecule has 1 aromatic rings. The number of rotatable bonds is 7. The van der Waals surface area contributed by atoms with Crippen molar-refractivity contribution in [1.29, 1.82) is 0 Å². The Morgan fingerprint density at radius 3 is 2.42 bits per heavy atom. The molecule has 0 saturated carbocycles. The SMILES string of the molecule is CCC(C)N(CC)c1ncc(CNC(C)C)c(C)n1. The first-order chi connectivity index (χ1) is 8.99. The van der Waals surface area contributed by atoms with Crippen molar-refractivity contribution in [2.45, 2.75) is 66.6 Å². The fraction of sp³-hybridized carbons (Fsp3) is 0.733. The maximum absolute atomic E-state index is 4.67. The molecule has 1 N–H and O–H groups in total. The normalized spacial score (nSPS) is 12.8. The van der Waals surface area contributed by atoms with Gasteiger partial charge in [-0.25, -0.2) is 9.97 Å². The van der Waals surface area contributed by atoms with Crippen molar-refractivity contribution in [3.63, 3.8) is 0 Å². The van der Waals surface area contributed by atoms with Crippen molar-refractivity contribution in [3.8, 4) is 0 Å². The summed E-state index contributed by atoms with van der Waals surface area (Å²) >= 11 is 0. The molecule has 0 aliphatic heterocycles. The van der Waals surface area contributed by atoms with E-state index in [1.165, 1.54) is 5.56 Å². The van der Waals surface area contributed by atoms with E-state index in [1.807, 2.05) is 6.20 Å². The molecule has 0 saturated heterocycles. The van der Waals surface area contributed by atoms with Crippen molar-refractivity contribution >= 4 is 5.95 Å². The summed E-state index contributed by atoms with van der Waals surface area (Å²) < 4.78 is 0. The first-order valence-corrected chi connectivity index (χ1v) is 7.32.